The van der Waals surface area contributed by atoms with Gasteiger partial charge in [-0.25, -0.2) is 32.5 Å². The number of hydrogen-bond acceptors (Lipinski definition) is 20. The molecule has 2 unspecified atom stereocenters. The van der Waals surface area contributed by atoms with E-state index in [-0.39, 0.29) is 58.1 Å². The van der Waals surface area contributed by atoms with Crippen molar-refractivity contribution >= 4 is 42.8 Å². The molecule has 6 rings (SSSR count). The van der Waals surface area contributed by atoms with Crippen molar-refractivity contribution in [2.75, 3.05) is 124 Å². The lowest BCUT2D eigenvalue weighted by molar-refractivity contribution is -0.136. The van der Waals surface area contributed by atoms with Gasteiger partial charge in [-0.3, -0.25) is 4.79 Å². The van der Waals surface area contributed by atoms with Gasteiger partial charge in [0.1, 0.15) is 29.5 Å². The Hall–Kier alpha value is -4.57. The Morgan fingerprint density at radius 3 is 2.09 bits per heavy atom. The molecule has 408 valence electrons. The lowest BCUT2D eigenvalue weighted by atomic mass is 10.2. The fraction of sp³-hybridized carbons (Fsp3) is 0.574. The molecular weight excluding hydrogens is 1020 g/mol. The first kappa shape index (κ1) is 58.7. The van der Waals surface area contributed by atoms with Gasteiger partial charge in [-0.1, -0.05) is 35.0 Å². The Balaban J connectivity index is 0.748. The molecule has 0 aliphatic carbocycles. The van der Waals surface area contributed by atoms with Crippen LogP contribution >= 0.6 is 20.0 Å². The third-order valence-corrected chi connectivity index (χ3v) is 11.5. The van der Waals surface area contributed by atoms with E-state index in [0.717, 1.165) is 17.4 Å². The molecule has 0 bridgehead atoms. The van der Waals surface area contributed by atoms with Crippen LogP contribution in [-0.4, -0.2) is 175 Å². The summed E-state index contributed by atoms with van der Waals surface area (Å²) in [4.78, 5) is 41.8. The lowest BCUT2D eigenvalue weighted by Gasteiger charge is -2.25. The largest absolute Gasteiger partial charge is 0.420 e. The van der Waals surface area contributed by atoms with Gasteiger partial charge in [-0.15, -0.1) is 5.10 Å². The molecule has 2 atom stereocenters. The highest BCUT2D eigenvalue weighted by Crippen LogP contribution is 2.34. The summed E-state index contributed by atoms with van der Waals surface area (Å²) in [5, 5.41) is 14.3. The van der Waals surface area contributed by atoms with Gasteiger partial charge in [0.25, 0.3) is 0 Å². The van der Waals surface area contributed by atoms with Crippen molar-refractivity contribution in [3.8, 4) is 5.75 Å². The molecule has 1 fully saturated rings. The first-order chi connectivity index (χ1) is 36.0. The number of aryl methyl sites for hydroxylation is 1. The Bertz CT molecular complexity index is 2410. The van der Waals surface area contributed by atoms with Crippen LogP contribution in [0.2, 0.25) is 5.02 Å². The van der Waals surface area contributed by atoms with Gasteiger partial charge < -0.3 is 66.8 Å². The number of anilines is 1. The predicted octanol–water partition coefficient (Wildman–Crippen LogP) is 5.08. The number of carbonyl (C=O) groups excluding carboxylic acids is 1. The number of benzene rings is 2. The summed E-state index contributed by atoms with van der Waals surface area (Å²) >= 11 is 6.60. The molecule has 0 radical (unpaired) electrons. The van der Waals surface area contributed by atoms with Crippen LogP contribution in [0.3, 0.4) is 0 Å². The smallest absolute Gasteiger partial charge is 0.313 e. The quantitative estimate of drug-likeness (QED) is 0.0227. The first-order valence-corrected chi connectivity index (χ1v) is 25.8. The minimum atomic E-state index is -2.12. The van der Waals surface area contributed by atoms with Crippen LogP contribution in [0.15, 0.2) is 48.8 Å². The fourth-order valence-corrected chi connectivity index (χ4v) is 7.67. The summed E-state index contributed by atoms with van der Waals surface area (Å²) in [6.07, 6.45) is 4.03. The zero-order valence-corrected chi connectivity index (χ0v) is 42.7. The van der Waals surface area contributed by atoms with Crippen LogP contribution in [0.1, 0.15) is 42.6 Å². The van der Waals surface area contributed by atoms with E-state index in [0.29, 0.717) is 145 Å². The normalized spacial score (nSPS) is 14.8. The predicted molar refractivity (Wildman–Crippen MR) is 260 cm³/mol. The number of hydrogen-bond donors (Lipinski definition) is 2. The molecule has 2 aromatic carbocycles. The van der Waals surface area contributed by atoms with E-state index in [4.69, 9.17) is 78.7 Å². The van der Waals surface area contributed by atoms with Crippen molar-refractivity contribution in [1.29, 1.82) is 0 Å². The number of rotatable bonds is 38. The van der Waals surface area contributed by atoms with Crippen molar-refractivity contribution < 1.29 is 79.9 Å². The Morgan fingerprint density at radius 1 is 0.811 bits per heavy atom. The zero-order valence-electron chi connectivity index (χ0n) is 41.1. The number of halogens is 4. The SMILES string of the molecule is Cc1nc(N(CCOCCOCCOCCOCc2cn(CCOCCOCCOCCOCCC(=O)Oc3c(F)cc(F)cc3F)nn2)Cc2ccccc2Cl)c2cnn(C3CCC(COCP(O)O)O3)c2n1. The van der Waals surface area contributed by atoms with Crippen LogP contribution in [0.4, 0.5) is 19.0 Å². The van der Waals surface area contributed by atoms with Gasteiger partial charge in [-0.05, 0) is 31.4 Å². The summed E-state index contributed by atoms with van der Waals surface area (Å²) in [6, 6.07) is 8.52. The Kier molecular flexibility index (Phi) is 26.0. The maximum absolute atomic E-state index is 13.6. The second kappa shape index (κ2) is 32.8. The number of aromatic nitrogens is 7. The molecule has 22 nitrogen and oxygen atoms in total. The number of esters is 1. The van der Waals surface area contributed by atoms with Crippen molar-refractivity contribution in [2.24, 2.45) is 0 Å². The van der Waals surface area contributed by atoms with E-state index in [1.54, 1.807) is 21.8 Å². The molecule has 0 saturated carbocycles. The van der Waals surface area contributed by atoms with Crippen molar-refractivity contribution in [3.63, 3.8) is 0 Å². The summed E-state index contributed by atoms with van der Waals surface area (Å²) in [6.45, 7) is 8.76. The summed E-state index contributed by atoms with van der Waals surface area (Å²) in [5.41, 5.74) is 2.25. The molecule has 3 aromatic heterocycles. The van der Waals surface area contributed by atoms with Gasteiger partial charge in [0, 0.05) is 30.2 Å². The molecular formula is C47H63ClF3N8O14P. The molecule has 0 amide bonds. The topological polar surface area (TPSA) is 237 Å². The molecule has 27 heteroatoms. The molecule has 1 aliphatic heterocycles. The standard InChI is InChI=1S/C47H63ClF3N8O14P/c1-34-53-46(39-28-52-59(47(39)54-34)43-7-6-38(72-43)32-71-33-74(61)62)57(29-35-4-2-3-5-40(35)48)9-12-64-15-18-67-22-23-69-24-25-70-31-37-30-58(56-55-37)10-13-65-16-19-68-21-20-66-17-14-63-11-8-44(60)73-45-41(50)26-36(49)27-42(45)51/h2-5,26-28,30,38,43,61-62H,6-25,29,31-33H2,1H3. The average molecular weight is 1090 g/mol. The zero-order chi connectivity index (χ0) is 52.3. The minimum Gasteiger partial charge on any atom is -0.420 e. The van der Waals surface area contributed by atoms with Gasteiger partial charge in [0.15, 0.2) is 31.9 Å². The average Bonchev–Trinajstić information content (AvgIpc) is 4.14. The number of ether oxygens (including phenoxy) is 11. The maximum Gasteiger partial charge on any atom is 0.313 e. The fourth-order valence-electron chi connectivity index (χ4n) is 7.21. The second-order valence-electron chi connectivity index (χ2n) is 16.3. The summed E-state index contributed by atoms with van der Waals surface area (Å²) < 4.78 is 105. The summed E-state index contributed by atoms with van der Waals surface area (Å²) in [7, 11) is -2.12. The number of carbonyl (C=O) groups is 1. The lowest BCUT2D eigenvalue weighted by Crippen LogP contribution is -2.29. The van der Waals surface area contributed by atoms with E-state index in [1.807, 2.05) is 31.2 Å². The van der Waals surface area contributed by atoms with Crippen LogP contribution < -0.4 is 9.64 Å². The van der Waals surface area contributed by atoms with Gasteiger partial charge >= 0.3 is 5.97 Å². The maximum atomic E-state index is 13.6. The van der Waals surface area contributed by atoms with Crippen LogP contribution in [0, 0.1) is 24.4 Å². The molecule has 1 aliphatic rings. The van der Waals surface area contributed by atoms with E-state index in [2.05, 4.69) is 25.0 Å². The van der Waals surface area contributed by atoms with Crippen molar-refractivity contribution in [2.45, 2.75) is 58.2 Å². The molecule has 74 heavy (non-hydrogen) atoms. The van der Waals surface area contributed by atoms with E-state index in [9.17, 15) is 18.0 Å². The van der Waals surface area contributed by atoms with Gasteiger partial charge in [-0.2, -0.15) is 5.10 Å². The highest BCUT2D eigenvalue weighted by Gasteiger charge is 2.30. The molecule has 0 spiro atoms. The van der Waals surface area contributed by atoms with Gasteiger partial charge in [0.05, 0.1) is 149 Å². The number of fused-ring (bicyclic) bond motifs is 1. The van der Waals surface area contributed by atoms with Crippen LogP contribution in [0.5, 0.6) is 5.75 Å². The Morgan fingerprint density at radius 2 is 1.43 bits per heavy atom. The van der Waals surface area contributed by atoms with E-state index >= 15 is 0 Å². The molecule has 5 aromatic rings. The monoisotopic (exact) mass is 1090 g/mol. The van der Waals surface area contributed by atoms with Crippen LogP contribution in [0.25, 0.3) is 11.0 Å². The third kappa shape index (κ3) is 20.5. The first-order valence-electron chi connectivity index (χ1n) is 24.0. The van der Waals surface area contributed by atoms with Crippen LogP contribution in [-0.2, 0) is 71.9 Å². The third-order valence-electron chi connectivity index (χ3n) is 10.7. The summed E-state index contributed by atoms with van der Waals surface area (Å²) in [5.74, 6) is -4.34. The van der Waals surface area contributed by atoms with E-state index < -0.39 is 37.5 Å². The second-order valence-corrected chi connectivity index (χ2v) is 17.7. The molecule has 4 heterocycles. The number of nitrogens with zero attached hydrogens (tertiary/aromatic N) is 8. The minimum absolute atomic E-state index is 0.0528. The molecule has 1 saturated heterocycles. The van der Waals surface area contributed by atoms with Crippen molar-refractivity contribution in [1.82, 2.24) is 34.7 Å². The van der Waals surface area contributed by atoms with E-state index in [1.165, 1.54) is 0 Å². The van der Waals surface area contributed by atoms with Gasteiger partial charge in [0.2, 0.25) is 5.75 Å². The Labute approximate surface area is 432 Å². The molecule has 2 N–H and O–H groups in total. The van der Waals surface area contributed by atoms with Crippen molar-refractivity contribution in [3.05, 3.63) is 88.3 Å². The highest BCUT2D eigenvalue weighted by atomic mass is 35.5. The highest BCUT2D eigenvalue weighted by molar-refractivity contribution is 7.44.